The molecule has 0 bridgehead atoms. The molecule has 0 aromatic carbocycles. The van der Waals surface area contributed by atoms with E-state index >= 15 is 0 Å². The molecule has 7 heteroatoms. The largest absolute Gasteiger partial charge is 0.343 e. The first kappa shape index (κ1) is 12.7. The molecule has 1 amide bonds. The van der Waals surface area contributed by atoms with Crippen molar-refractivity contribution >= 4 is 28.8 Å². The fourth-order valence-corrected chi connectivity index (χ4v) is 3.47. The molecule has 0 unspecified atom stereocenters. The third-order valence-corrected chi connectivity index (χ3v) is 5.13. The molecular formula is C8H15ClN2O3S. The second kappa shape index (κ2) is 4.67. The van der Waals surface area contributed by atoms with Crippen molar-refractivity contribution in [2.75, 3.05) is 26.2 Å². The number of rotatable bonds is 3. The second-order valence-electron chi connectivity index (χ2n) is 3.78. The summed E-state index contributed by atoms with van der Waals surface area (Å²) in [5.41, 5.74) is 0. The van der Waals surface area contributed by atoms with Crippen LogP contribution in [0.3, 0.4) is 0 Å². The van der Waals surface area contributed by atoms with Crippen LogP contribution in [0, 0.1) is 0 Å². The summed E-state index contributed by atoms with van der Waals surface area (Å²) in [7, 11) is -3.03. The molecule has 2 aliphatic rings. The summed E-state index contributed by atoms with van der Waals surface area (Å²) in [5.74, 6) is 0. The van der Waals surface area contributed by atoms with Gasteiger partial charge in [0.15, 0.2) is 0 Å². The molecule has 1 heterocycles. The fourth-order valence-electron chi connectivity index (χ4n) is 1.64. The van der Waals surface area contributed by atoms with Crippen molar-refractivity contribution in [3.63, 3.8) is 0 Å². The average Bonchev–Trinajstić information content (AvgIpc) is 3.01. The summed E-state index contributed by atoms with van der Waals surface area (Å²) in [5, 5.41) is -0.134. The highest BCUT2D eigenvalue weighted by Crippen LogP contribution is 2.31. The molecule has 1 saturated carbocycles. The van der Waals surface area contributed by atoms with E-state index in [2.05, 4.69) is 0 Å². The van der Waals surface area contributed by atoms with Crippen LogP contribution in [-0.4, -0.2) is 55.5 Å². The zero-order chi connectivity index (χ0) is 10.2. The molecule has 0 spiro atoms. The summed E-state index contributed by atoms with van der Waals surface area (Å²) in [6.45, 7) is 1.96. The van der Waals surface area contributed by atoms with Crippen LogP contribution in [-0.2, 0) is 14.8 Å². The van der Waals surface area contributed by atoms with Gasteiger partial charge in [0.1, 0.15) is 0 Å². The Labute approximate surface area is 95.9 Å². The second-order valence-corrected chi connectivity index (χ2v) is 6.00. The fraction of sp³-hybridized carbons (Fsp3) is 0.875. The monoisotopic (exact) mass is 254 g/mol. The molecule has 0 N–H and O–H groups in total. The Morgan fingerprint density at radius 3 is 2.00 bits per heavy atom. The zero-order valence-corrected chi connectivity index (χ0v) is 9.97. The molecule has 0 atom stereocenters. The first-order valence-electron chi connectivity index (χ1n) is 4.83. The van der Waals surface area contributed by atoms with Crippen LogP contribution in [0.15, 0.2) is 0 Å². The lowest BCUT2D eigenvalue weighted by Crippen LogP contribution is -2.48. The minimum Gasteiger partial charge on any atom is -0.343 e. The highest BCUT2D eigenvalue weighted by Gasteiger charge is 2.40. The Kier molecular flexibility index (Phi) is 3.97. The van der Waals surface area contributed by atoms with Gasteiger partial charge in [0.2, 0.25) is 16.4 Å². The van der Waals surface area contributed by atoms with Gasteiger partial charge in [0.25, 0.3) is 0 Å². The molecule has 5 nitrogen and oxygen atoms in total. The van der Waals surface area contributed by atoms with Crippen molar-refractivity contribution in [3.8, 4) is 0 Å². The Hall–Kier alpha value is -0.330. The SMILES string of the molecule is Cl.O=CN1CCN(S(=O)(=O)C2CC2)CC1. The summed E-state index contributed by atoms with van der Waals surface area (Å²) < 4.78 is 25.0. The molecule has 1 aliphatic heterocycles. The number of hydrogen-bond donors (Lipinski definition) is 0. The smallest absolute Gasteiger partial charge is 0.217 e. The van der Waals surface area contributed by atoms with E-state index in [0.717, 1.165) is 19.3 Å². The van der Waals surface area contributed by atoms with Crippen LogP contribution in [0.4, 0.5) is 0 Å². The number of hydrogen-bond acceptors (Lipinski definition) is 3. The maximum absolute atomic E-state index is 11.8. The molecule has 1 aliphatic carbocycles. The Morgan fingerprint density at radius 1 is 1.07 bits per heavy atom. The van der Waals surface area contributed by atoms with Gasteiger partial charge in [0.05, 0.1) is 5.25 Å². The van der Waals surface area contributed by atoms with Gasteiger partial charge in [-0.3, -0.25) is 4.79 Å². The van der Waals surface area contributed by atoms with E-state index in [1.54, 1.807) is 4.90 Å². The number of amides is 1. The molecule has 0 radical (unpaired) electrons. The summed E-state index contributed by atoms with van der Waals surface area (Å²) in [6.07, 6.45) is 2.38. The van der Waals surface area contributed by atoms with Gasteiger partial charge >= 0.3 is 0 Å². The van der Waals surface area contributed by atoms with Crippen LogP contribution in [0.5, 0.6) is 0 Å². The van der Waals surface area contributed by atoms with Crippen LogP contribution < -0.4 is 0 Å². The van der Waals surface area contributed by atoms with E-state index in [-0.39, 0.29) is 17.7 Å². The Morgan fingerprint density at radius 2 is 1.60 bits per heavy atom. The van der Waals surface area contributed by atoms with Crippen molar-refractivity contribution in [2.45, 2.75) is 18.1 Å². The highest BCUT2D eigenvalue weighted by molar-refractivity contribution is 7.90. The summed E-state index contributed by atoms with van der Waals surface area (Å²) in [4.78, 5) is 12.0. The Balaban J connectivity index is 0.00000112. The van der Waals surface area contributed by atoms with Crippen LogP contribution in [0.1, 0.15) is 12.8 Å². The lowest BCUT2D eigenvalue weighted by atomic mass is 10.4. The third kappa shape index (κ3) is 2.62. The summed E-state index contributed by atoms with van der Waals surface area (Å²) in [6, 6.07) is 0. The lowest BCUT2D eigenvalue weighted by Gasteiger charge is -2.31. The predicted molar refractivity (Wildman–Crippen MR) is 58.4 cm³/mol. The Bertz CT molecular complexity index is 321. The van der Waals surface area contributed by atoms with Gasteiger partial charge in [-0.1, -0.05) is 0 Å². The van der Waals surface area contributed by atoms with Crippen LogP contribution in [0.2, 0.25) is 0 Å². The van der Waals surface area contributed by atoms with Gasteiger partial charge in [-0.05, 0) is 12.8 Å². The molecule has 1 saturated heterocycles. The average molecular weight is 255 g/mol. The van der Waals surface area contributed by atoms with Gasteiger partial charge in [0, 0.05) is 26.2 Å². The molecule has 88 valence electrons. The summed E-state index contributed by atoms with van der Waals surface area (Å²) >= 11 is 0. The normalized spacial score (nSPS) is 23.3. The quantitative estimate of drug-likeness (QED) is 0.649. The maximum Gasteiger partial charge on any atom is 0.217 e. The zero-order valence-electron chi connectivity index (χ0n) is 8.33. The van der Waals surface area contributed by atoms with Gasteiger partial charge in [-0.15, -0.1) is 12.4 Å². The molecule has 0 aromatic rings. The first-order valence-corrected chi connectivity index (χ1v) is 6.33. The number of nitrogens with zero attached hydrogens (tertiary/aromatic N) is 2. The first-order chi connectivity index (χ1) is 6.64. The van der Waals surface area contributed by atoms with Crippen molar-refractivity contribution in [1.29, 1.82) is 0 Å². The number of piperazine rings is 1. The standard InChI is InChI=1S/C8H14N2O3S.ClH/c11-7-9-3-5-10(6-4-9)14(12,13)8-1-2-8;/h7-8H,1-6H2;1H. The van der Waals surface area contributed by atoms with Crippen molar-refractivity contribution < 1.29 is 13.2 Å². The van der Waals surface area contributed by atoms with E-state index in [4.69, 9.17) is 0 Å². The topological polar surface area (TPSA) is 57.7 Å². The predicted octanol–water partition coefficient (Wildman–Crippen LogP) is -0.326. The van der Waals surface area contributed by atoms with Crippen LogP contribution in [0.25, 0.3) is 0 Å². The third-order valence-electron chi connectivity index (χ3n) is 2.73. The number of carbonyl (C=O) groups is 1. The van der Waals surface area contributed by atoms with Gasteiger partial charge in [-0.2, -0.15) is 4.31 Å². The maximum atomic E-state index is 11.8. The van der Waals surface area contributed by atoms with Gasteiger partial charge in [-0.25, -0.2) is 8.42 Å². The van der Waals surface area contributed by atoms with Crippen molar-refractivity contribution in [1.82, 2.24) is 9.21 Å². The molecular weight excluding hydrogens is 240 g/mol. The number of carbonyl (C=O) groups excluding carboxylic acids is 1. The van der Waals surface area contributed by atoms with E-state index in [1.807, 2.05) is 0 Å². The van der Waals surface area contributed by atoms with E-state index < -0.39 is 10.0 Å². The van der Waals surface area contributed by atoms with E-state index in [0.29, 0.717) is 26.2 Å². The molecule has 0 aromatic heterocycles. The number of sulfonamides is 1. The molecule has 2 fully saturated rings. The molecule has 2 rings (SSSR count). The van der Waals surface area contributed by atoms with Crippen molar-refractivity contribution in [3.05, 3.63) is 0 Å². The van der Waals surface area contributed by atoms with Crippen LogP contribution >= 0.6 is 12.4 Å². The van der Waals surface area contributed by atoms with E-state index in [1.165, 1.54) is 4.31 Å². The van der Waals surface area contributed by atoms with E-state index in [9.17, 15) is 13.2 Å². The minimum absolute atomic E-state index is 0. The number of halogens is 1. The molecule has 15 heavy (non-hydrogen) atoms. The lowest BCUT2D eigenvalue weighted by molar-refractivity contribution is -0.119. The minimum atomic E-state index is -3.03. The van der Waals surface area contributed by atoms with Gasteiger partial charge < -0.3 is 4.90 Å². The van der Waals surface area contributed by atoms with Crippen molar-refractivity contribution in [2.24, 2.45) is 0 Å². The highest BCUT2D eigenvalue weighted by atomic mass is 35.5.